The lowest BCUT2D eigenvalue weighted by atomic mass is 10.0. The molecule has 0 fully saturated rings. The van der Waals surface area contributed by atoms with Crippen LogP contribution in [0.1, 0.15) is 19.4 Å². The first-order valence-electron chi connectivity index (χ1n) is 5.69. The highest BCUT2D eigenvalue weighted by molar-refractivity contribution is 5.88. The van der Waals surface area contributed by atoms with Gasteiger partial charge < -0.3 is 0 Å². The Morgan fingerprint density at radius 2 is 1.50 bits per heavy atom. The molecule has 0 aliphatic heterocycles. The van der Waals surface area contributed by atoms with Gasteiger partial charge in [0, 0.05) is 0 Å². The molecule has 0 nitrogen and oxygen atoms in total. The van der Waals surface area contributed by atoms with Crippen molar-refractivity contribution in [1.82, 2.24) is 0 Å². The zero-order chi connectivity index (χ0) is 11.1. The highest BCUT2D eigenvalue weighted by Gasteiger charge is 2.15. The van der Waals surface area contributed by atoms with E-state index in [1.54, 1.807) is 0 Å². The van der Waals surface area contributed by atoms with Crippen molar-refractivity contribution in [2.24, 2.45) is 0 Å². The van der Waals surface area contributed by atoms with Crippen LogP contribution in [0.2, 0.25) is 0 Å². The summed E-state index contributed by atoms with van der Waals surface area (Å²) in [6, 6.07) is 15.2. The lowest BCUT2D eigenvalue weighted by molar-refractivity contribution is 1.50. The fourth-order valence-electron chi connectivity index (χ4n) is 2.63. The average molecular weight is 206 g/mol. The van der Waals surface area contributed by atoms with Crippen molar-refractivity contribution in [2.75, 3.05) is 0 Å². The Bertz CT molecular complexity index is 675. The van der Waals surface area contributed by atoms with Crippen molar-refractivity contribution < 1.29 is 0 Å². The van der Waals surface area contributed by atoms with Gasteiger partial charge in [0.1, 0.15) is 0 Å². The molecule has 0 atom stereocenters. The highest BCUT2D eigenvalue weighted by Crippen LogP contribution is 2.29. The Labute approximate surface area is 95.6 Å². The van der Waals surface area contributed by atoms with E-state index in [-0.39, 0.29) is 0 Å². The van der Waals surface area contributed by atoms with Crippen LogP contribution in [0, 0.1) is 0 Å². The number of rotatable bonds is 0. The average Bonchev–Trinajstić information content (AvgIpc) is 2.64. The molecule has 0 heterocycles. The molecule has 2 aromatic rings. The predicted molar refractivity (Wildman–Crippen MR) is 69.5 cm³/mol. The smallest absolute Gasteiger partial charge is 0.00730 e. The zero-order valence-electron chi connectivity index (χ0n) is 9.62. The third-order valence-electron chi connectivity index (χ3n) is 3.40. The molecule has 0 saturated heterocycles. The van der Waals surface area contributed by atoms with Gasteiger partial charge in [-0.25, -0.2) is 0 Å². The van der Waals surface area contributed by atoms with Crippen LogP contribution in [0.15, 0.2) is 42.5 Å². The summed E-state index contributed by atoms with van der Waals surface area (Å²) in [6.45, 7) is 4.32. The van der Waals surface area contributed by atoms with Crippen LogP contribution in [0.5, 0.6) is 0 Å². The van der Waals surface area contributed by atoms with Crippen LogP contribution in [0.3, 0.4) is 0 Å². The molecule has 0 spiro atoms. The normalized spacial score (nSPS) is 13.9. The van der Waals surface area contributed by atoms with Crippen LogP contribution in [0.25, 0.3) is 22.8 Å². The van der Waals surface area contributed by atoms with Crippen molar-refractivity contribution >= 4 is 11.6 Å². The van der Waals surface area contributed by atoms with Crippen LogP contribution in [-0.2, 0) is 0 Å². The molecule has 0 saturated carbocycles. The molecule has 0 amide bonds. The van der Waals surface area contributed by atoms with Gasteiger partial charge in [0.2, 0.25) is 0 Å². The van der Waals surface area contributed by atoms with E-state index in [0.717, 1.165) is 0 Å². The molecular formula is C16H14. The van der Waals surface area contributed by atoms with Gasteiger partial charge in [-0.3, -0.25) is 0 Å². The van der Waals surface area contributed by atoms with E-state index >= 15 is 0 Å². The molecule has 0 N–H and O–H groups in total. The lowest BCUT2D eigenvalue weighted by Crippen LogP contribution is -2.25. The molecule has 1 aliphatic rings. The highest BCUT2D eigenvalue weighted by atomic mass is 14.2. The largest absolute Gasteiger partial charge is 0.0798 e. The second-order valence-electron chi connectivity index (χ2n) is 4.23. The minimum absolute atomic E-state index is 1.34. The molecule has 1 aliphatic carbocycles. The summed E-state index contributed by atoms with van der Waals surface area (Å²) in [5, 5.41) is 2.75. The fourth-order valence-corrected chi connectivity index (χ4v) is 2.63. The first-order chi connectivity index (χ1) is 7.83. The van der Waals surface area contributed by atoms with Gasteiger partial charge in [0.15, 0.2) is 0 Å². The Hall–Kier alpha value is -1.82. The molecule has 3 rings (SSSR count). The minimum Gasteiger partial charge on any atom is -0.0798 e. The van der Waals surface area contributed by atoms with Gasteiger partial charge in [0.05, 0.1) is 0 Å². The van der Waals surface area contributed by atoms with E-state index in [4.69, 9.17) is 0 Å². The fraction of sp³-hybridized carbons (Fsp3) is 0.125. The minimum atomic E-state index is 1.34. The summed E-state index contributed by atoms with van der Waals surface area (Å²) in [5.74, 6) is 0. The van der Waals surface area contributed by atoms with E-state index in [2.05, 4.69) is 62.4 Å². The summed E-state index contributed by atoms with van der Waals surface area (Å²) in [6.07, 6.45) is 2.19. The van der Waals surface area contributed by atoms with E-state index < -0.39 is 0 Å². The molecule has 0 aromatic heterocycles. The Morgan fingerprint density at radius 3 is 2.25 bits per heavy atom. The second kappa shape index (κ2) is 3.34. The molecule has 16 heavy (non-hydrogen) atoms. The van der Waals surface area contributed by atoms with Crippen LogP contribution < -0.4 is 10.4 Å². The van der Waals surface area contributed by atoms with Crippen molar-refractivity contribution in [3.63, 3.8) is 0 Å². The van der Waals surface area contributed by atoms with Crippen LogP contribution in [0.4, 0.5) is 0 Å². The Balaban J connectivity index is 2.56. The standard InChI is InChI=1S/C16H14/c1-3-12-7-6-10-15-14-9-5-4-8-13(14)11(2)16(12)15/h3-10H,1-2H3. The molecule has 2 aromatic carbocycles. The van der Waals surface area contributed by atoms with Gasteiger partial charge >= 0.3 is 0 Å². The van der Waals surface area contributed by atoms with Gasteiger partial charge in [-0.2, -0.15) is 0 Å². The first-order valence-corrected chi connectivity index (χ1v) is 5.69. The van der Waals surface area contributed by atoms with E-state index in [0.29, 0.717) is 0 Å². The predicted octanol–water partition coefficient (Wildman–Crippen LogP) is 2.69. The lowest BCUT2D eigenvalue weighted by Gasteiger charge is -2.00. The van der Waals surface area contributed by atoms with Crippen molar-refractivity contribution in [3.05, 3.63) is 58.5 Å². The number of benzene rings is 2. The van der Waals surface area contributed by atoms with Gasteiger partial charge in [-0.15, -0.1) is 0 Å². The van der Waals surface area contributed by atoms with E-state index in [1.807, 2.05) is 0 Å². The first kappa shape index (κ1) is 9.41. The van der Waals surface area contributed by atoms with Gasteiger partial charge in [0.25, 0.3) is 0 Å². The topological polar surface area (TPSA) is 0 Å². The molecule has 0 unspecified atom stereocenters. The summed E-state index contributed by atoms with van der Waals surface area (Å²) in [4.78, 5) is 0. The zero-order valence-corrected chi connectivity index (χ0v) is 9.62. The van der Waals surface area contributed by atoms with E-state index in [9.17, 15) is 0 Å². The van der Waals surface area contributed by atoms with Crippen molar-refractivity contribution in [3.8, 4) is 11.1 Å². The quantitative estimate of drug-likeness (QED) is 0.621. The molecule has 0 radical (unpaired) electrons. The number of hydrogen-bond donors (Lipinski definition) is 0. The third kappa shape index (κ3) is 1.10. The van der Waals surface area contributed by atoms with Gasteiger partial charge in [-0.05, 0) is 46.5 Å². The third-order valence-corrected chi connectivity index (χ3v) is 3.40. The maximum atomic E-state index is 2.22. The second-order valence-corrected chi connectivity index (χ2v) is 4.23. The maximum absolute atomic E-state index is 2.22. The summed E-state index contributed by atoms with van der Waals surface area (Å²) < 4.78 is 0. The van der Waals surface area contributed by atoms with Crippen molar-refractivity contribution in [1.29, 1.82) is 0 Å². The molecule has 78 valence electrons. The molecule has 0 bridgehead atoms. The molecular weight excluding hydrogens is 192 g/mol. The van der Waals surface area contributed by atoms with Gasteiger partial charge in [-0.1, -0.05) is 48.5 Å². The number of hydrogen-bond acceptors (Lipinski definition) is 0. The summed E-state index contributed by atoms with van der Waals surface area (Å²) in [7, 11) is 0. The SMILES string of the molecule is CC=c1cccc2c1=C(C)c1ccccc1-2. The van der Waals surface area contributed by atoms with Crippen molar-refractivity contribution in [2.45, 2.75) is 13.8 Å². The van der Waals surface area contributed by atoms with E-state index in [1.165, 1.54) is 32.7 Å². The van der Waals surface area contributed by atoms with Crippen LogP contribution >= 0.6 is 0 Å². The number of fused-ring (bicyclic) bond motifs is 3. The summed E-state index contributed by atoms with van der Waals surface area (Å²) in [5.41, 5.74) is 5.54. The molecule has 0 heteroatoms. The maximum Gasteiger partial charge on any atom is -0.00730 e. The summed E-state index contributed by atoms with van der Waals surface area (Å²) >= 11 is 0. The Kier molecular flexibility index (Phi) is 1.97. The Morgan fingerprint density at radius 1 is 0.812 bits per heavy atom. The monoisotopic (exact) mass is 206 g/mol. The van der Waals surface area contributed by atoms with Crippen LogP contribution in [-0.4, -0.2) is 0 Å².